The fourth-order valence-corrected chi connectivity index (χ4v) is 2.60. The highest BCUT2D eigenvalue weighted by atomic mass is 16.5. The van der Waals surface area contributed by atoms with Gasteiger partial charge in [0, 0.05) is 5.69 Å². The highest BCUT2D eigenvalue weighted by molar-refractivity contribution is 6.03. The molecule has 0 saturated heterocycles. The minimum atomic E-state index is -0.281. The van der Waals surface area contributed by atoms with Crippen LogP contribution < -0.4 is 15.4 Å². The van der Waals surface area contributed by atoms with Gasteiger partial charge in [-0.1, -0.05) is 18.2 Å². The van der Waals surface area contributed by atoms with Gasteiger partial charge in [-0.05, 0) is 61.4 Å². The maximum absolute atomic E-state index is 12.5. The minimum absolute atomic E-state index is 0.281. The molecule has 132 valence electrons. The number of nitrogens with one attached hydrogen (secondary N) is 2. The molecule has 3 rings (SSSR count). The zero-order valence-electron chi connectivity index (χ0n) is 15.0. The van der Waals surface area contributed by atoms with E-state index in [1.165, 1.54) is 5.56 Å². The van der Waals surface area contributed by atoms with Gasteiger partial charge in [-0.2, -0.15) is 0 Å². The molecule has 3 aromatic rings. The van der Waals surface area contributed by atoms with Gasteiger partial charge in [0.25, 0.3) is 5.91 Å². The summed E-state index contributed by atoms with van der Waals surface area (Å²) >= 11 is 0. The molecule has 1 heterocycles. The van der Waals surface area contributed by atoms with Crippen LogP contribution in [0.2, 0.25) is 0 Å². The molecular weight excluding hydrogens is 326 g/mol. The van der Waals surface area contributed by atoms with Crippen molar-refractivity contribution in [2.45, 2.75) is 13.8 Å². The second-order valence-corrected chi connectivity index (χ2v) is 6.08. The molecule has 2 aromatic carbocycles. The van der Waals surface area contributed by atoms with E-state index in [0.717, 1.165) is 16.9 Å². The quantitative estimate of drug-likeness (QED) is 0.702. The third kappa shape index (κ3) is 4.19. The molecule has 26 heavy (non-hydrogen) atoms. The Hall–Kier alpha value is -3.34. The molecule has 2 N–H and O–H groups in total. The van der Waals surface area contributed by atoms with E-state index in [1.54, 1.807) is 19.4 Å². The van der Waals surface area contributed by atoms with E-state index in [2.05, 4.69) is 15.6 Å². The van der Waals surface area contributed by atoms with E-state index in [-0.39, 0.29) is 5.91 Å². The number of aromatic nitrogens is 1. The second kappa shape index (κ2) is 7.70. The van der Waals surface area contributed by atoms with Gasteiger partial charge in [0.05, 0.1) is 24.7 Å². The Balaban J connectivity index is 1.72. The lowest BCUT2D eigenvalue weighted by molar-refractivity contribution is 0.102. The first kappa shape index (κ1) is 17.5. The summed E-state index contributed by atoms with van der Waals surface area (Å²) < 4.78 is 5.29. The van der Waals surface area contributed by atoms with Crippen LogP contribution in [0.5, 0.6) is 5.75 Å². The summed E-state index contributed by atoms with van der Waals surface area (Å²) in [5.41, 5.74) is 4.97. The topological polar surface area (TPSA) is 63.2 Å². The number of rotatable bonds is 5. The molecule has 0 spiro atoms. The number of hydrogen-bond donors (Lipinski definition) is 2. The SMILES string of the molecule is COc1ccc(C)cc1NC(=O)c1ccc(Nc2cccc(C)c2)cn1. The van der Waals surface area contributed by atoms with Crippen LogP contribution in [0.15, 0.2) is 60.8 Å². The van der Waals surface area contributed by atoms with Crippen LogP contribution in [-0.4, -0.2) is 18.0 Å². The van der Waals surface area contributed by atoms with Crippen molar-refractivity contribution in [1.29, 1.82) is 0 Å². The van der Waals surface area contributed by atoms with Crippen LogP contribution in [0.3, 0.4) is 0 Å². The Morgan fingerprint density at radius 1 is 0.962 bits per heavy atom. The van der Waals surface area contributed by atoms with Crippen LogP contribution in [0.1, 0.15) is 21.6 Å². The molecule has 0 bridgehead atoms. The molecule has 5 nitrogen and oxygen atoms in total. The molecule has 0 fully saturated rings. The van der Waals surface area contributed by atoms with Crippen molar-refractivity contribution in [3.8, 4) is 5.75 Å². The normalized spacial score (nSPS) is 10.3. The fraction of sp³-hybridized carbons (Fsp3) is 0.143. The van der Waals surface area contributed by atoms with Gasteiger partial charge in [0.2, 0.25) is 0 Å². The molecule has 0 atom stereocenters. The van der Waals surface area contributed by atoms with Gasteiger partial charge in [-0.15, -0.1) is 0 Å². The first-order chi connectivity index (χ1) is 12.5. The number of ether oxygens (including phenoxy) is 1. The summed E-state index contributed by atoms with van der Waals surface area (Å²) in [7, 11) is 1.57. The first-order valence-corrected chi connectivity index (χ1v) is 8.31. The lowest BCUT2D eigenvalue weighted by Gasteiger charge is -2.11. The molecular formula is C21H21N3O2. The summed E-state index contributed by atoms with van der Waals surface area (Å²) in [5.74, 6) is 0.331. The van der Waals surface area contributed by atoms with Gasteiger partial charge in [-0.3, -0.25) is 4.79 Å². The van der Waals surface area contributed by atoms with Gasteiger partial charge in [-0.25, -0.2) is 4.98 Å². The predicted molar refractivity (Wildman–Crippen MR) is 104 cm³/mol. The van der Waals surface area contributed by atoms with E-state index in [4.69, 9.17) is 4.74 Å². The Labute approximate surface area is 153 Å². The average Bonchev–Trinajstić information content (AvgIpc) is 2.62. The summed E-state index contributed by atoms with van der Waals surface area (Å²) in [6.45, 7) is 4.00. The number of anilines is 3. The van der Waals surface area contributed by atoms with Crippen molar-refractivity contribution < 1.29 is 9.53 Å². The highest BCUT2D eigenvalue weighted by Gasteiger charge is 2.11. The molecule has 5 heteroatoms. The summed E-state index contributed by atoms with van der Waals surface area (Å²) in [5, 5.41) is 6.12. The maximum Gasteiger partial charge on any atom is 0.274 e. The number of hydrogen-bond acceptors (Lipinski definition) is 4. The largest absolute Gasteiger partial charge is 0.495 e. The third-order valence-corrected chi connectivity index (χ3v) is 3.91. The summed E-state index contributed by atoms with van der Waals surface area (Å²) in [6.07, 6.45) is 1.64. The number of nitrogens with zero attached hydrogens (tertiary/aromatic N) is 1. The van der Waals surface area contributed by atoms with Crippen molar-refractivity contribution in [2.75, 3.05) is 17.7 Å². The van der Waals surface area contributed by atoms with E-state index in [1.807, 2.05) is 62.4 Å². The van der Waals surface area contributed by atoms with E-state index in [9.17, 15) is 4.79 Å². The highest BCUT2D eigenvalue weighted by Crippen LogP contribution is 2.25. The maximum atomic E-state index is 12.5. The van der Waals surface area contributed by atoms with Crippen LogP contribution in [-0.2, 0) is 0 Å². The van der Waals surface area contributed by atoms with Gasteiger partial charge in [0.1, 0.15) is 11.4 Å². The Morgan fingerprint density at radius 2 is 1.77 bits per heavy atom. The monoisotopic (exact) mass is 347 g/mol. The zero-order valence-corrected chi connectivity index (χ0v) is 15.0. The molecule has 1 aromatic heterocycles. The number of methoxy groups -OCH3 is 1. The van der Waals surface area contributed by atoms with Gasteiger partial charge in [0.15, 0.2) is 0 Å². The number of amides is 1. The lowest BCUT2D eigenvalue weighted by Crippen LogP contribution is -2.14. The molecule has 0 aliphatic rings. The van der Waals surface area contributed by atoms with Crippen molar-refractivity contribution >= 4 is 23.0 Å². The van der Waals surface area contributed by atoms with Crippen molar-refractivity contribution in [1.82, 2.24) is 4.98 Å². The Bertz CT molecular complexity index is 921. The number of pyridine rings is 1. The third-order valence-electron chi connectivity index (χ3n) is 3.91. The number of carbonyl (C=O) groups is 1. The smallest absolute Gasteiger partial charge is 0.274 e. The second-order valence-electron chi connectivity index (χ2n) is 6.08. The van der Waals surface area contributed by atoms with Crippen molar-refractivity contribution in [3.63, 3.8) is 0 Å². The van der Waals surface area contributed by atoms with E-state index in [0.29, 0.717) is 17.1 Å². The Kier molecular flexibility index (Phi) is 5.17. The number of aryl methyl sites for hydroxylation is 2. The van der Waals surface area contributed by atoms with Gasteiger partial charge < -0.3 is 15.4 Å². The molecule has 0 aliphatic carbocycles. The Morgan fingerprint density at radius 3 is 2.46 bits per heavy atom. The zero-order chi connectivity index (χ0) is 18.5. The van der Waals surface area contributed by atoms with Crippen LogP contribution >= 0.6 is 0 Å². The summed E-state index contributed by atoms with van der Waals surface area (Å²) in [4.78, 5) is 16.7. The average molecular weight is 347 g/mol. The predicted octanol–water partition coefficient (Wildman–Crippen LogP) is 4.70. The standard InChI is InChI=1S/C21H21N3O2/c1-14-5-4-6-16(11-14)23-17-8-9-18(22-13-17)21(25)24-19-12-15(2)7-10-20(19)26-3/h4-13,23H,1-3H3,(H,24,25). The lowest BCUT2D eigenvalue weighted by atomic mass is 10.2. The van der Waals surface area contributed by atoms with Crippen LogP contribution in [0.25, 0.3) is 0 Å². The molecule has 0 saturated carbocycles. The molecule has 1 amide bonds. The van der Waals surface area contributed by atoms with Gasteiger partial charge >= 0.3 is 0 Å². The first-order valence-electron chi connectivity index (χ1n) is 8.31. The number of benzene rings is 2. The fourth-order valence-electron chi connectivity index (χ4n) is 2.60. The van der Waals surface area contributed by atoms with E-state index < -0.39 is 0 Å². The van der Waals surface area contributed by atoms with Crippen molar-refractivity contribution in [3.05, 3.63) is 77.6 Å². The van der Waals surface area contributed by atoms with Crippen LogP contribution in [0, 0.1) is 13.8 Å². The summed E-state index contributed by atoms with van der Waals surface area (Å²) in [6, 6.07) is 17.2. The van der Waals surface area contributed by atoms with Crippen molar-refractivity contribution in [2.24, 2.45) is 0 Å². The molecule has 0 unspecified atom stereocenters. The van der Waals surface area contributed by atoms with Crippen LogP contribution in [0.4, 0.5) is 17.1 Å². The molecule has 0 radical (unpaired) electrons. The van der Waals surface area contributed by atoms with E-state index >= 15 is 0 Å². The molecule has 0 aliphatic heterocycles. The minimum Gasteiger partial charge on any atom is -0.495 e. The number of carbonyl (C=O) groups excluding carboxylic acids is 1.